The summed E-state index contributed by atoms with van der Waals surface area (Å²) >= 11 is 0. The first-order chi connectivity index (χ1) is 10.8. The third-order valence-electron chi connectivity index (χ3n) is 4.09. The van der Waals surface area contributed by atoms with Crippen molar-refractivity contribution < 1.29 is 9.13 Å². The average molecular weight is 297 g/mol. The van der Waals surface area contributed by atoms with Crippen LogP contribution in [0.1, 0.15) is 24.6 Å². The van der Waals surface area contributed by atoms with Gasteiger partial charge in [-0.2, -0.15) is 0 Å². The largest absolute Gasteiger partial charge is 0.381 e. The van der Waals surface area contributed by atoms with E-state index in [-0.39, 0.29) is 5.82 Å². The van der Waals surface area contributed by atoms with Gasteiger partial charge in [-0.3, -0.25) is 4.57 Å². The third-order valence-corrected chi connectivity index (χ3v) is 4.09. The van der Waals surface area contributed by atoms with E-state index in [9.17, 15) is 4.39 Å². The van der Waals surface area contributed by atoms with Gasteiger partial charge in [-0.1, -0.05) is 6.07 Å². The Labute approximate surface area is 127 Å². The van der Waals surface area contributed by atoms with Crippen molar-refractivity contribution in [2.24, 2.45) is 0 Å². The van der Waals surface area contributed by atoms with Crippen molar-refractivity contribution in [3.63, 3.8) is 0 Å². The fraction of sp³-hybridized carbons (Fsp3) is 0.294. The lowest BCUT2D eigenvalue weighted by molar-refractivity contribution is 0.0834. The second-order valence-electron chi connectivity index (χ2n) is 5.52. The smallest absolute Gasteiger partial charge is 0.164 e. The zero-order valence-electron chi connectivity index (χ0n) is 12.1. The van der Waals surface area contributed by atoms with Crippen molar-refractivity contribution >= 4 is 11.2 Å². The highest BCUT2D eigenvalue weighted by molar-refractivity contribution is 5.74. The van der Waals surface area contributed by atoms with Crippen LogP contribution in [-0.4, -0.2) is 27.7 Å². The zero-order valence-corrected chi connectivity index (χ0v) is 12.1. The maximum atomic E-state index is 13.7. The minimum Gasteiger partial charge on any atom is -0.381 e. The van der Waals surface area contributed by atoms with Crippen LogP contribution in [0.3, 0.4) is 0 Å². The fourth-order valence-corrected chi connectivity index (χ4v) is 3.03. The molecule has 22 heavy (non-hydrogen) atoms. The lowest BCUT2D eigenvalue weighted by Gasteiger charge is -2.22. The van der Waals surface area contributed by atoms with Gasteiger partial charge in [0.25, 0.3) is 0 Å². The van der Waals surface area contributed by atoms with Gasteiger partial charge in [0.15, 0.2) is 5.65 Å². The minimum absolute atomic E-state index is 0.256. The number of nitrogens with zero attached hydrogens (tertiary/aromatic N) is 3. The molecular weight excluding hydrogens is 281 g/mol. The van der Waals surface area contributed by atoms with Crippen LogP contribution in [0.25, 0.3) is 16.9 Å². The second-order valence-corrected chi connectivity index (χ2v) is 5.52. The Morgan fingerprint density at radius 1 is 1.14 bits per heavy atom. The van der Waals surface area contributed by atoms with Crippen molar-refractivity contribution in [1.29, 1.82) is 0 Å². The Morgan fingerprint density at radius 2 is 2.00 bits per heavy atom. The van der Waals surface area contributed by atoms with Crippen molar-refractivity contribution in [1.82, 2.24) is 14.5 Å². The van der Waals surface area contributed by atoms with Crippen molar-refractivity contribution in [2.75, 3.05) is 13.2 Å². The molecule has 0 saturated carbocycles. The third kappa shape index (κ3) is 2.27. The average Bonchev–Trinajstić information content (AvgIpc) is 2.95. The summed E-state index contributed by atoms with van der Waals surface area (Å²) in [5, 5.41) is 0. The van der Waals surface area contributed by atoms with Crippen LogP contribution in [0.15, 0.2) is 42.6 Å². The van der Waals surface area contributed by atoms with E-state index in [1.54, 1.807) is 12.3 Å². The monoisotopic (exact) mass is 297 g/mol. The Bertz CT molecular complexity index is 809. The topological polar surface area (TPSA) is 39.9 Å². The van der Waals surface area contributed by atoms with Gasteiger partial charge < -0.3 is 4.74 Å². The molecule has 3 aromatic rings. The van der Waals surface area contributed by atoms with Gasteiger partial charge in [0, 0.05) is 25.3 Å². The lowest BCUT2D eigenvalue weighted by atomic mass is 9.99. The molecule has 1 fully saturated rings. The zero-order chi connectivity index (χ0) is 14.9. The van der Waals surface area contributed by atoms with E-state index in [1.807, 2.05) is 22.8 Å². The summed E-state index contributed by atoms with van der Waals surface area (Å²) in [5.41, 5.74) is 2.38. The number of fused-ring (bicyclic) bond motifs is 1. The van der Waals surface area contributed by atoms with Crippen molar-refractivity contribution in [3.05, 3.63) is 54.2 Å². The van der Waals surface area contributed by atoms with Gasteiger partial charge in [-0.05, 0) is 43.2 Å². The predicted molar refractivity (Wildman–Crippen MR) is 81.6 cm³/mol. The van der Waals surface area contributed by atoms with Crippen LogP contribution in [0, 0.1) is 5.82 Å². The number of benzene rings is 1. The summed E-state index contributed by atoms with van der Waals surface area (Å²) in [4.78, 5) is 9.21. The summed E-state index contributed by atoms with van der Waals surface area (Å²) in [5.74, 6) is 1.00. The molecule has 5 heteroatoms. The van der Waals surface area contributed by atoms with Gasteiger partial charge in [0.1, 0.15) is 17.2 Å². The highest BCUT2D eigenvalue weighted by atomic mass is 19.1. The summed E-state index contributed by atoms with van der Waals surface area (Å²) in [6.07, 6.45) is 3.60. The first-order valence-electron chi connectivity index (χ1n) is 7.50. The summed E-state index contributed by atoms with van der Waals surface area (Å²) < 4.78 is 21.1. The number of aromatic nitrogens is 3. The van der Waals surface area contributed by atoms with Crippen LogP contribution in [0.4, 0.5) is 4.39 Å². The van der Waals surface area contributed by atoms with E-state index in [0.717, 1.165) is 48.7 Å². The molecule has 3 heterocycles. The molecule has 1 aliphatic heterocycles. The van der Waals surface area contributed by atoms with Crippen molar-refractivity contribution in [2.45, 2.75) is 18.8 Å². The van der Waals surface area contributed by atoms with E-state index >= 15 is 0 Å². The summed E-state index contributed by atoms with van der Waals surface area (Å²) in [7, 11) is 0. The number of hydrogen-bond donors (Lipinski definition) is 0. The number of hydrogen-bond acceptors (Lipinski definition) is 3. The predicted octanol–water partition coefficient (Wildman–Crippen LogP) is 3.45. The number of halogens is 1. The van der Waals surface area contributed by atoms with E-state index in [2.05, 4.69) is 4.98 Å². The maximum Gasteiger partial charge on any atom is 0.164 e. The summed E-state index contributed by atoms with van der Waals surface area (Å²) in [6, 6.07) is 10.4. The standard InChI is InChI=1S/C17H16FN3O/c18-13-3-1-4-14(11-13)21-16(12-6-9-22-10-7-12)20-15-5-2-8-19-17(15)21/h1-5,8,11-12H,6-7,9-10H2. The van der Waals surface area contributed by atoms with Crippen LogP contribution in [0.5, 0.6) is 0 Å². The first kappa shape index (κ1) is 13.4. The maximum absolute atomic E-state index is 13.7. The molecule has 0 aliphatic carbocycles. The van der Waals surface area contributed by atoms with Gasteiger partial charge in [0.2, 0.25) is 0 Å². The number of rotatable bonds is 2. The van der Waals surface area contributed by atoms with Crippen LogP contribution in [0.2, 0.25) is 0 Å². The van der Waals surface area contributed by atoms with Crippen LogP contribution in [-0.2, 0) is 4.74 Å². The van der Waals surface area contributed by atoms with Gasteiger partial charge in [-0.25, -0.2) is 14.4 Å². The molecule has 1 saturated heterocycles. The van der Waals surface area contributed by atoms with E-state index < -0.39 is 0 Å². The number of imidazole rings is 1. The molecule has 0 radical (unpaired) electrons. The van der Waals surface area contributed by atoms with Crippen LogP contribution < -0.4 is 0 Å². The Hall–Kier alpha value is -2.27. The molecule has 4 nitrogen and oxygen atoms in total. The quantitative estimate of drug-likeness (QED) is 0.727. The molecule has 0 N–H and O–H groups in total. The minimum atomic E-state index is -0.256. The van der Waals surface area contributed by atoms with Gasteiger partial charge >= 0.3 is 0 Å². The SMILES string of the molecule is Fc1cccc(-n2c(C3CCOCC3)nc3cccnc32)c1. The normalized spacial score (nSPS) is 16.2. The molecule has 1 aliphatic rings. The molecule has 2 aromatic heterocycles. The number of pyridine rings is 1. The number of ether oxygens (including phenoxy) is 1. The molecule has 0 spiro atoms. The van der Waals surface area contributed by atoms with E-state index in [1.165, 1.54) is 12.1 Å². The highest BCUT2D eigenvalue weighted by Gasteiger charge is 2.24. The Morgan fingerprint density at radius 3 is 2.82 bits per heavy atom. The molecular formula is C17H16FN3O. The van der Waals surface area contributed by atoms with E-state index in [4.69, 9.17) is 9.72 Å². The molecule has 112 valence electrons. The molecule has 0 amide bonds. The lowest BCUT2D eigenvalue weighted by Crippen LogP contribution is -2.17. The molecule has 4 rings (SSSR count). The molecule has 1 aromatic carbocycles. The second kappa shape index (κ2) is 5.50. The van der Waals surface area contributed by atoms with E-state index in [0.29, 0.717) is 5.92 Å². The van der Waals surface area contributed by atoms with Crippen LogP contribution >= 0.6 is 0 Å². The van der Waals surface area contributed by atoms with Gasteiger partial charge in [-0.15, -0.1) is 0 Å². The molecule has 0 atom stereocenters. The molecule has 0 unspecified atom stereocenters. The Balaban J connectivity index is 1.93. The highest BCUT2D eigenvalue weighted by Crippen LogP contribution is 2.31. The Kier molecular flexibility index (Phi) is 3.35. The fourth-order valence-electron chi connectivity index (χ4n) is 3.03. The van der Waals surface area contributed by atoms with Gasteiger partial charge in [0.05, 0.1) is 5.69 Å². The molecule has 0 bridgehead atoms. The van der Waals surface area contributed by atoms with Crippen molar-refractivity contribution in [3.8, 4) is 5.69 Å². The first-order valence-corrected chi connectivity index (χ1v) is 7.50. The summed E-state index contributed by atoms with van der Waals surface area (Å²) in [6.45, 7) is 1.48.